The molecule has 16 heavy (non-hydrogen) atoms. The highest BCUT2D eigenvalue weighted by atomic mass is 15.1. The van der Waals surface area contributed by atoms with E-state index in [-0.39, 0.29) is 5.54 Å². The Balaban J connectivity index is 1.86. The van der Waals surface area contributed by atoms with Gasteiger partial charge in [-0.1, -0.05) is 6.42 Å². The van der Waals surface area contributed by atoms with Crippen molar-refractivity contribution >= 4 is 0 Å². The lowest BCUT2D eigenvalue weighted by molar-refractivity contribution is 0.258. The van der Waals surface area contributed by atoms with Crippen LogP contribution in [0.2, 0.25) is 0 Å². The molecule has 2 rings (SSSR count). The number of hydrogen-bond donors (Lipinski definition) is 1. The van der Waals surface area contributed by atoms with E-state index in [1.165, 1.54) is 51.7 Å². The second kappa shape index (κ2) is 5.16. The van der Waals surface area contributed by atoms with Crippen molar-refractivity contribution in [3.05, 3.63) is 0 Å². The van der Waals surface area contributed by atoms with E-state index >= 15 is 0 Å². The largest absolute Gasteiger partial charge is 0.303 e. The van der Waals surface area contributed by atoms with Gasteiger partial charge in [0.05, 0.1) is 6.07 Å². The molecule has 1 aliphatic carbocycles. The minimum atomic E-state index is -0.222. The van der Waals surface area contributed by atoms with Gasteiger partial charge in [0.25, 0.3) is 0 Å². The van der Waals surface area contributed by atoms with E-state index in [1.807, 2.05) is 7.05 Å². The summed E-state index contributed by atoms with van der Waals surface area (Å²) in [6, 6.07) is 2.52. The van der Waals surface area contributed by atoms with Gasteiger partial charge in [0.2, 0.25) is 0 Å². The van der Waals surface area contributed by atoms with Crippen LogP contribution in [0.15, 0.2) is 0 Å². The van der Waals surface area contributed by atoms with E-state index in [9.17, 15) is 5.26 Å². The number of rotatable bonds is 4. The van der Waals surface area contributed by atoms with Crippen LogP contribution in [-0.4, -0.2) is 37.1 Å². The molecule has 3 nitrogen and oxygen atoms in total. The first-order chi connectivity index (χ1) is 7.80. The van der Waals surface area contributed by atoms with Gasteiger partial charge < -0.3 is 10.2 Å². The fraction of sp³-hybridized carbons (Fsp3) is 0.923. The minimum absolute atomic E-state index is 0.222. The van der Waals surface area contributed by atoms with E-state index in [0.29, 0.717) is 5.92 Å². The lowest BCUT2D eigenvalue weighted by Gasteiger charge is -2.29. The molecule has 1 saturated heterocycles. The summed E-state index contributed by atoms with van der Waals surface area (Å²) in [7, 11) is 1.94. The smallest absolute Gasteiger partial charge is 0.109 e. The Morgan fingerprint density at radius 1 is 1.38 bits per heavy atom. The molecule has 2 aliphatic rings. The summed E-state index contributed by atoms with van der Waals surface area (Å²) in [6.45, 7) is 3.73. The van der Waals surface area contributed by atoms with Crippen molar-refractivity contribution in [3.63, 3.8) is 0 Å². The maximum atomic E-state index is 9.35. The van der Waals surface area contributed by atoms with Crippen molar-refractivity contribution in [2.75, 3.05) is 26.7 Å². The summed E-state index contributed by atoms with van der Waals surface area (Å²) >= 11 is 0. The molecule has 2 unspecified atom stereocenters. The van der Waals surface area contributed by atoms with Crippen LogP contribution in [-0.2, 0) is 0 Å². The molecule has 1 N–H and O–H groups in total. The molecule has 0 aromatic carbocycles. The predicted octanol–water partition coefficient (Wildman–Crippen LogP) is 1.75. The second-order valence-electron chi connectivity index (χ2n) is 5.26. The van der Waals surface area contributed by atoms with Gasteiger partial charge in [-0.05, 0) is 64.7 Å². The first kappa shape index (κ1) is 11.9. The lowest BCUT2D eigenvalue weighted by Crippen LogP contribution is -2.45. The molecular weight excluding hydrogens is 198 g/mol. The molecule has 90 valence electrons. The summed E-state index contributed by atoms with van der Waals surface area (Å²) in [4.78, 5) is 2.55. The number of nitrogens with one attached hydrogen (secondary N) is 1. The van der Waals surface area contributed by atoms with Crippen molar-refractivity contribution in [1.29, 1.82) is 5.26 Å². The minimum Gasteiger partial charge on any atom is -0.303 e. The fourth-order valence-electron chi connectivity index (χ4n) is 3.35. The Hall–Kier alpha value is -0.590. The summed E-state index contributed by atoms with van der Waals surface area (Å²) in [6.07, 6.45) is 7.38. The second-order valence-corrected chi connectivity index (χ2v) is 5.26. The first-order valence-electron chi connectivity index (χ1n) is 6.63. The highest BCUT2D eigenvalue weighted by Crippen LogP contribution is 2.37. The van der Waals surface area contributed by atoms with Crippen LogP contribution in [0.4, 0.5) is 0 Å². The Bertz CT molecular complexity index is 265. The van der Waals surface area contributed by atoms with Crippen molar-refractivity contribution < 1.29 is 0 Å². The first-order valence-corrected chi connectivity index (χ1v) is 6.63. The van der Waals surface area contributed by atoms with E-state index in [0.717, 1.165) is 6.42 Å². The quantitative estimate of drug-likeness (QED) is 0.786. The van der Waals surface area contributed by atoms with Crippen LogP contribution in [0.1, 0.15) is 38.5 Å². The zero-order valence-electron chi connectivity index (χ0n) is 10.3. The average Bonchev–Trinajstić information content (AvgIpc) is 2.96. The lowest BCUT2D eigenvalue weighted by atomic mass is 9.86. The average molecular weight is 221 g/mol. The zero-order valence-corrected chi connectivity index (χ0v) is 10.3. The van der Waals surface area contributed by atoms with Crippen molar-refractivity contribution in [1.82, 2.24) is 10.2 Å². The Kier molecular flexibility index (Phi) is 3.83. The molecule has 1 heterocycles. The molecule has 1 aliphatic heterocycles. The maximum Gasteiger partial charge on any atom is 0.109 e. The third kappa shape index (κ3) is 2.23. The van der Waals surface area contributed by atoms with Gasteiger partial charge >= 0.3 is 0 Å². The molecular formula is C13H23N3. The van der Waals surface area contributed by atoms with Crippen molar-refractivity contribution in [2.24, 2.45) is 5.92 Å². The maximum absolute atomic E-state index is 9.35. The molecule has 0 amide bonds. The van der Waals surface area contributed by atoms with E-state index < -0.39 is 0 Å². The number of nitrogens with zero attached hydrogens (tertiary/aromatic N) is 2. The van der Waals surface area contributed by atoms with Crippen LogP contribution in [0.5, 0.6) is 0 Å². The van der Waals surface area contributed by atoms with E-state index in [2.05, 4.69) is 16.3 Å². The van der Waals surface area contributed by atoms with Gasteiger partial charge in [-0.3, -0.25) is 0 Å². The van der Waals surface area contributed by atoms with Gasteiger partial charge in [0, 0.05) is 0 Å². The molecule has 0 aromatic heterocycles. The van der Waals surface area contributed by atoms with E-state index in [1.54, 1.807) is 0 Å². The molecule has 2 atom stereocenters. The number of nitriles is 1. The zero-order chi connectivity index (χ0) is 11.4. The van der Waals surface area contributed by atoms with Gasteiger partial charge in [0.1, 0.15) is 5.54 Å². The van der Waals surface area contributed by atoms with Crippen LogP contribution in [0.25, 0.3) is 0 Å². The van der Waals surface area contributed by atoms with Gasteiger partial charge in [0.15, 0.2) is 0 Å². The van der Waals surface area contributed by atoms with Crippen molar-refractivity contribution in [3.8, 4) is 6.07 Å². The number of likely N-dealkylation sites (tertiary alicyclic amines) is 1. The molecule has 0 spiro atoms. The van der Waals surface area contributed by atoms with Crippen LogP contribution < -0.4 is 5.32 Å². The summed E-state index contributed by atoms with van der Waals surface area (Å²) < 4.78 is 0. The third-order valence-electron chi connectivity index (χ3n) is 4.46. The normalized spacial score (nSPS) is 35.4. The van der Waals surface area contributed by atoms with Gasteiger partial charge in [-0.2, -0.15) is 5.26 Å². The number of hydrogen-bond acceptors (Lipinski definition) is 3. The summed E-state index contributed by atoms with van der Waals surface area (Å²) in [5, 5.41) is 12.6. The molecule has 2 fully saturated rings. The third-order valence-corrected chi connectivity index (χ3v) is 4.46. The van der Waals surface area contributed by atoms with Crippen LogP contribution in [0.3, 0.4) is 0 Å². The highest BCUT2D eigenvalue weighted by Gasteiger charge is 2.41. The Labute approximate surface area is 98.8 Å². The van der Waals surface area contributed by atoms with E-state index in [4.69, 9.17) is 0 Å². The monoisotopic (exact) mass is 221 g/mol. The standard InChI is InChI=1S/C13H23N3/c1-15-13(11-14)7-4-5-12(13)6-10-16-8-2-3-9-16/h12,15H,2-10H2,1H3. The summed E-state index contributed by atoms with van der Waals surface area (Å²) in [5.74, 6) is 0.558. The van der Waals surface area contributed by atoms with Gasteiger partial charge in [-0.15, -0.1) is 0 Å². The Morgan fingerprint density at radius 3 is 2.75 bits per heavy atom. The molecule has 1 saturated carbocycles. The Morgan fingerprint density at radius 2 is 2.12 bits per heavy atom. The van der Waals surface area contributed by atoms with Crippen molar-refractivity contribution in [2.45, 2.75) is 44.1 Å². The SMILES string of the molecule is CNC1(C#N)CCCC1CCN1CCCC1. The van der Waals surface area contributed by atoms with Crippen LogP contribution >= 0.6 is 0 Å². The van der Waals surface area contributed by atoms with Gasteiger partial charge in [-0.25, -0.2) is 0 Å². The predicted molar refractivity (Wildman–Crippen MR) is 65.0 cm³/mol. The summed E-state index contributed by atoms with van der Waals surface area (Å²) in [5.41, 5.74) is -0.222. The topological polar surface area (TPSA) is 39.1 Å². The fourth-order valence-corrected chi connectivity index (χ4v) is 3.35. The molecule has 0 radical (unpaired) electrons. The molecule has 0 aromatic rings. The molecule has 3 heteroatoms. The highest BCUT2D eigenvalue weighted by molar-refractivity contribution is 5.13. The van der Waals surface area contributed by atoms with Crippen LogP contribution in [0, 0.1) is 17.2 Å². The molecule has 0 bridgehead atoms.